The predicted octanol–water partition coefficient (Wildman–Crippen LogP) is -9.68. The zero-order chi connectivity index (χ0) is 3.41. The van der Waals surface area contributed by atoms with Gasteiger partial charge in [0, 0.05) is 0 Å². The van der Waals surface area contributed by atoms with E-state index >= 15 is 0 Å². The van der Waals surface area contributed by atoms with Crippen molar-refractivity contribution in [2.45, 2.75) is 0 Å². The Labute approximate surface area is 176 Å². The molecule has 0 heterocycles. The molecule has 7 heavy (non-hydrogen) atoms. The molecule has 0 aliphatic rings. The minimum atomic E-state index is -0.125. The molecule has 0 atom stereocenters. The van der Waals surface area contributed by atoms with Crippen LogP contribution in [-0.4, -0.2) is 23.4 Å². The molecule has 0 unspecified atom stereocenters. The summed E-state index contributed by atoms with van der Waals surface area (Å²) in [6.45, 7) is -0.250. The van der Waals surface area contributed by atoms with Crippen molar-refractivity contribution in [3.8, 4) is 0 Å². The van der Waals surface area contributed by atoms with Crippen molar-refractivity contribution in [1.29, 1.82) is 0 Å². The third kappa shape index (κ3) is 24.8. The number of aliphatic hydroxyl groups is 2. The normalized spacial score (nSPS) is 4.29. The maximum atomic E-state index is 7.62. The summed E-state index contributed by atoms with van der Waals surface area (Å²) in [5.74, 6) is 0. The van der Waals surface area contributed by atoms with Crippen LogP contribution in [0.15, 0.2) is 0 Å². The number of rotatable bonds is 1. The Morgan fingerprint density at radius 2 is 1.00 bits per heavy atom. The third-order valence-electron chi connectivity index (χ3n) is 0.1000. The van der Waals surface area contributed by atoms with Crippen LogP contribution in [0.3, 0.4) is 0 Å². The second-order valence-corrected chi connectivity index (χ2v) is 0.447. The molecular formula is C2H9K3O2. The van der Waals surface area contributed by atoms with E-state index in [0.717, 1.165) is 0 Å². The van der Waals surface area contributed by atoms with E-state index in [1.807, 2.05) is 0 Å². The first kappa shape index (κ1) is 22.6. The van der Waals surface area contributed by atoms with Crippen molar-refractivity contribution < 1.29 is 169 Å². The van der Waals surface area contributed by atoms with Gasteiger partial charge in [0.1, 0.15) is 0 Å². The molecule has 32 valence electrons. The maximum Gasteiger partial charge on any atom is 1.00 e. The third-order valence-corrected chi connectivity index (χ3v) is 0.1000. The molecule has 0 amide bonds. The molecule has 0 aromatic heterocycles. The Hall–Kier alpha value is 4.83. The molecule has 0 bridgehead atoms. The van der Waals surface area contributed by atoms with E-state index in [9.17, 15) is 0 Å². The van der Waals surface area contributed by atoms with Crippen LogP contribution in [0, 0.1) is 0 Å². The van der Waals surface area contributed by atoms with E-state index in [-0.39, 0.29) is 172 Å². The first-order valence-corrected chi connectivity index (χ1v) is 1.13. The van der Waals surface area contributed by atoms with Gasteiger partial charge < -0.3 is 14.5 Å². The van der Waals surface area contributed by atoms with Crippen LogP contribution in [0.4, 0.5) is 0 Å². The average molecular weight is 182 g/mol. The van der Waals surface area contributed by atoms with E-state index in [4.69, 9.17) is 10.2 Å². The summed E-state index contributed by atoms with van der Waals surface area (Å²) in [5, 5.41) is 15.2. The van der Waals surface area contributed by atoms with E-state index in [0.29, 0.717) is 0 Å². The van der Waals surface area contributed by atoms with Crippen molar-refractivity contribution in [3.63, 3.8) is 0 Å². The van der Waals surface area contributed by atoms with E-state index in [1.54, 1.807) is 0 Å². The van der Waals surface area contributed by atoms with E-state index in [2.05, 4.69) is 0 Å². The fraction of sp³-hybridized carbons (Fsp3) is 1.00. The SMILES string of the molecule is OCCO.[H-].[H-].[H-].[K+].[K+].[K+]. The van der Waals surface area contributed by atoms with Gasteiger partial charge in [-0.25, -0.2) is 0 Å². The van der Waals surface area contributed by atoms with Crippen LogP contribution in [0.25, 0.3) is 0 Å². The maximum absolute atomic E-state index is 7.62. The van der Waals surface area contributed by atoms with Gasteiger partial charge in [0.25, 0.3) is 0 Å². The van der Waals surface area contributed by atoms with Crippen LogP contribution in [-0.2, 0) is 0 Å². The van der Waals surface area contributed by atoms with Crippen LogP contribution >= 0.6 is 0 Å². The summed E-state index contributed by atoms with van der Waals surface area (Å²) in [7, 11) is 0. The standard InChI is InChI=1S/C2H6O2.3K.3H/c3-1-2-4;;;;;;/h3-4H,1-2H2;;;;;;/q;3*+1;3*-1. The molecule has 0 radical (unpaired) electrons. The number of hydrogen-bond acceptors (Lipinski definition) is 2. The molecule has 0 saturated heterocycles. The van der Waals surface area contributed by atoms with Gasteiger partial charge in [0.2, 0.25) is 0 Å². The van der Waals surface area contributed by atoms with Crippen molar-refractivity contribution >= 4 is 0 Å². The molecule has 2 N–H and O–H groups in total. The summed E-state index contributed by atoms with van der Waals surface area (Å²) in [6.07, 6.45) is 0. The Morgan fingerprint density at radius 3 is 1.00 bits per heavy atom. The molecule has 2 nitrogen and oxygen atoms in total. The van der Waals surface area contributed by atoms with Crippen LogP contribution in [0.5, 0.6) is 0 Å². The smallest absolute Gasteiger partial charge is 1.00 e. The summed E-state index contributed by atoms with van der Waals surface area (Å²) >= 11 is 0. The molecule has 0 spiro atoms. The summed E-state index contributed by atoms with van der Waals surface area (Å²) in [4.78, 5) is 0. The van der Waals surface area contributed by atoms with Gasteiger partial charge in [-0.3, -0.25) is 0 Å². The summed E-state index contributed by atoms with van der Waals surface area (Å²) in [6, 6.07) is 0. The monoisotopic (exact) mass is 182 g/mol. The Kier molecular flexibility index (Phi) is 72.5. The predicted molar refractivity (Wildman–Crippen MR) is 17.5 cm³/mol. The fourth-order valence-electron chi connectivity index (χ4n) is 0. The summed E-state index contributed by atoms with van der Waals surface area (Å²) < 4.78 is 0. The van der Waals surface area contributed by atoms with Gasteiger partial charge in [-0.2, -0.15) is 0 Å². The minimum Gasteiger partial charge on any atom is -1.00 e. The first-order valence-electron chi connectivity index (χ1n) is 1.13. The second kappa shape index (κ2) is 22.4. The zero-order valence-electron chi connectivity index (χ0n) is 8.31. The molecular weight excluding hydrogens is 173 g/mol. The number of aliphatic hydroxyl groups excluding tert-OH is 2. The van der Waals surface area contributed by atoms with Gasteiger partial charge in [0.15, 0.2) is 0 Å². The molecule has 0 aliphatic heterocycles. The Bertz CT molecular complexity index is 21.7. The second-order valence-electron chi connectivity index (χ2n) is 0.447. The molecule has 0 fully saturated rings. The fourth-order valence-corrected chi connectivity index (χ4v) is 0. The topological polar surface area (TPSA) is 40.5 Å². The number of hydrogen-bond donors (Lipinski definition) is 2. The first-order chi connectivity index (χ1) is 1.91. The van der Waals surface area contributed by atoms with Crippen LogP contribution < -0.4 is 154 Å². The zero-order valence-corrected chi connectivity index (χ0v) is 14.7. The summed E-state index contributed by atoms with van der Waals surface area (Å²) in [5.41, 5.74) is 0. The minimum absolute atomic E-state index is 0. The molecule has 5 heteroatoms. The van der Waals surface area contributed by atoms with Gasteiger partial charge in [-0.05, 0) is 0 Å². The van der Waals surface area contributed by atoms with Crippen molar-refractivity contribution in [2.24, 2.45) is 0 Å². The Balaban J connectivity index is -0.00000000300. The molecule has 0 rings (SSSR count). The van der Waals surface area contributed by atoms with E-state index < -0.39 is 0 Å². The quantitative estimate of drug-likeness (QED) is 0.396. The van der Waals surface area contributed by atoms with Crippen LogP contribution in [0.2, 0.25) is 0 Å². The van der Waals surface area contributed by atoms with Crippen molar-refractivity contribution in [2.75, 3.05) is 13.2 Å². The van der Waals surface area contributed by atoms with Gasteiger partial charge in [0.05, 0.1) is 13.2 Å². The van der Waals surface area contributed by atoms with Gasteiger partial charge >= 0.3 is 154 Å². The largest absolute Gasteiger partial charge is 1.00 e. The molecule has 0 saturated carbocycles. The van der Waals surface area contributed by atoms with E-state index in [1.165, 1.54) is 0 Å². The van der Waals surface area contributed by atoms with Gasteiger partial charge in [-0.1, -0.05) is 0 Å². The van der Waals surface area contributed by atoms with Crippen molar-refractivity contribution in [1.82, 2.24) is 0 Å². The van der Waals surface area contributed by atoms with Gasteiger partial charge in [-0.15, -0.1) is 0 Å². The van der Waals surface area contributed by atoms with Crippen LogP contribution in [0.1, 0.15) is 4.28 Å². The Morgan fingerprint density at radius 1 is 0.857 bits per heavy atom. The molecule has 0 aliphatic carbocycles. The molecule has 0 aromatic carbocycles. The molecule has 0 aromatic rings. The average Bonchev–Trinajstić information content (AvgIpc) is 1.37. The van der Waals surface area contributed by atoms with Crippen molar-refractivity contribution in [3.05, 3.63) is 0 Å².